The number of benzene rings is 2. The van der Waals surface area contributed by atoms with Gasteiger partial charge in [0.2, 0.25) is 5.91 Å². The first-order chi connectivity index (χ1) is 12.6. The second-order valence-corrected chi connectivity index (χ2v) is 6.71. The van der Waals surface area contributed by atoms with E-state index < -0.39 is 5.97 Å². The van der Waals surface area contributed by atoms with Crippen molar-refractivity contribution in [2.24, 2.45) is 0 Å². The van der Waals surface area contributed by atoms with E-state index in [0.29, 0.717) is 18.7 Å². The highest BCUT2D eigenvalue weighted by Gasteiger charge is 2.33. The van der Waals surface area contributed by atoms with E-state index in [1.165, 1.54) is 0 Å². The maximum absolute atomic E-state index is 12.7. The van der Waals surface area contributed by atoms with Crippen molar-refractivity contribution in [2.45, 2.75) is 25.7 Å². The molecule has 2 heterocycles. The number of hydrogen-bond donors (Lipinski definition) is 2. The Hall–Kier alpha value is -3.08. The number of rotatable bonds is 4. The summed E-state index contributed by atoms with van der Waals surface area (Å²) < 4.78 is 0. The second kappa shape index (κ2) is 6.33. The number of carboxylic acids is 1. The smallest absolute Gasteiger partial charge is 0.335 e. The van der Waals surface area contributed by atoms with Crippen molar-refractivity contribution < 1.29 is 14.7 Å². The number of carbonyl (C=O) groups excluding carboxylic acids is 1. The largest absolute Gasteiger partial charge is 0.478 e. The van der Waals surface area contributed by atoms with Crippen LogP contribution in [0, 0.1) is 0 Å². The Balaban J connectivity index is 1.79. The van der Waals surface area contributed by atoms with Gasteiger partial charge in [0.05, 0.1) is 16.8 Å². The molecule has 0 radical (unpaired) electrons. The van der Waals surface area contributed by atoms with Crippen LogP contribution in [0.3, 0.4) is 0 Å². The number of aromatic nitrogens is 1. The predicted octanol–water partition coefficient (Wildman–Crippen LogP) is 3.95. The van der Waals surface area contributed by atoms with Gasteiger partial charge in [-0.25, -0.2) is 4.79 Å². The lowest BCUT2D eigenvalue weighted by molar-refractivity contribution is -0.117. The molecule has 1 aromatic heterocycles. The lowest BCUT2D eigenvalue weighted by Gasteiger charge is -2.19. The molecule has 0 spiro atoms. The Kier molecular flexibility index (Phi) is 3.99. The molecule has 26 heavy (non-hydrogen) atoms. The predicted molar refractivity (Wildman–Crippen MR) is 101 cm³/mol. The monoisotopic (exact) mass is 348 g/mol. The number of fused-ring (bicyclic) bond motifs is 1. The van der Waals surface area contributed by atoms with Crippen LogP contribution in [0.25, 0.3) is 10.9 Å². The van der Waals surface area contributed by atoms with Gasteiger partial charge in [0, 0.05) is 30.5 Å². The highest BCUT2D eigenvalue weighted by atomic mass is 16.4. The van der Waals surface area contributed by atoms with Crippen LogP contribution in [-0.4, -0.2) is 28.5 Å². The van der Waals surface area contributed by atoms with Crippen LogP contribution in [0.1, 0.15) is 40.7 Å². The van der Waals surface area contributed by atoms with Crippen molar-refractivity contribution in [3.05, 3.63) is 65.4 Å². The minimum absolute atomic E-state index is 0.0235. The molecule has 0 saturated carbocycles. The summed E-state index contributed by atoms with van der Waals surface area (Å²) in [5.41, 5.74) is 3.88. The third-order valence-electron chi connectivity index (χ3n) is 5.17. The molecule has 4 rings (SSSR count). The van der Waals surface area contributed by atoms with Crippen LogP contribution >= 0.6 is 0 Å². The molecule has 0 aliphatic carbocycles. The standard InChI is InChI=1S/C21H20N2O3/c1-2-13-11-22-20-17(13)8-15(21(25)26)9-18(20)23-12-16(10-19(23)24)14-6-4-3-5-7-14/h3-9,11,16,22H,2,10,12H2,1H3,(H,25,26). The molecule has 1 atom stereocenters. The van der Waals surface area contributed by atoms with Crippen LogP contribution in [0.4, 0.5) is 5.69 Å². The molecule has 5 heteroatoms. The fourth-order valence-corrected chi connectivity index (χ4v) is 3.79. The van der Waals surface area contributed by atoms with E-state index in [4.69, 9.17) is 0 Å². The number of nitrogens with zero attached hydrogens (tertiary/aromatic N) is 1. The Morgan fingerprint density at radius 3 is 2.73 bits per heavy atom. The molecular weight excluding hydrogens is 328 g/mol. The summed E-state index contributed by atoms with van der Waals surface area (Å²) in [4.78, 5) is 29.3. The summed E-state index contributed by atoms with van der Waals surface area (Å²) in [5.74, 6) is -0.842. The molecule has 3 aromatic rings. The molecular formula is C21H20N2O3. The van der Waals surface area contributed by atoms with Gasteiger partial charge < -0.3 is 15.0 Å². The zero-order valence-corrected chi connectivity index (χ0v) is 14.5. The molecule has 132 valence electrons. The van der Waals surface area contributed by atoms with Crippen molar-refractivity contribution >= 4 is 28.5 Å². The topological polar surface area (TPSA) is 73.4 Å². The first-order valence-corrected chi connectivity index (χ1v) is 8.81. The minimum atomic E-state index is -0.984. The van der Waals surface area contributed by atoms with Crippen molar-refractivity contribution in [1.29, 1.82) is 0 Å². The van der Waals surface area contributed by atoms with Crippen molar-refractivity contribution in [2.75, 3.05) is 11.4 Å². The van der Waals surface area contributed by atoms with Gasteiger partial charge in [-0.05, 0) is 29.7 Å². The summed E-state index contributed by atoms with van der Waals surface area (Å²) >= 11 is 0. The van der Waals surface area contributed by atoms with E-state index in [1.807, 2.05) is 43.5 Å². The maximum atomic E-state index is 12.7. The van der Waals surface area contributed by atoms with Crippen molar-refractivity contribution in [3.63, 3.8) is 0 Å². The van der Waals surface area contributed by atoms with Gasteiger partial charge in [0.25, 0.3) is 0 Å². The average Bonchev–Trinajstić information content (AvgIpc) is 3.25. The summed E-state index contributed by atoms with van der Waals surface area (Å²) in [6, 6.07) is 13.3. The molecule has 0 bridgehead atoms. The Morgan fingerprint density at radius 2 is 2.04 bits per heavy atom. The average molecular weight is 348 g/mol. The molecule has 5 nitrogen and oxygen atoms in total. The number of carbonyl (C=O) groups is 2. The molecule has 1 aliphatic heterocycles. The van der Waals surface area contributed by atoms with Gasteiger partial charge in [0.15, 0.2) is 0 Å². The van der Waals surface area contributed by atoms with Gasteiger partial charge in [0.1, 0.15) is 0 Å². The summed E-state index contributed by atoms with van der Waals surface area (Å²) in [5, 5.41) is 10.4. The zero-order chi connectivity index (χ0) is 18.3. The third kappa shape index (κ3) is 2.65. The minimum Gasteiger partial charge on any atom is -0.478 e. The molecule has 1 saturated heterocycles. The zero-order valence-electron chi connectivity index (χ0n) is 14.5. The third-order valence-corrected chi connectivity index (χ3v) is 5.17. The number of aromatic carboxylic acids is 1. The molecule has 1 unspecified atom stereocenters. The van der Waals surface area contributed by atoms with Gasteiger partial charge >= 0.3 is 5.97 Å². The number of hydrogen-bond acceptors (Lipinski definition) is 2. The van der Waals surface area contributed by atoms with Crippen molar-refractivity contribution in [1.82, 2.24) is 4.98 Å². The molecule has 2 N–H and O–H groups in total. The lowest BCUT2D eigenvalue weighted by atomic mass is 9.98. The molecule has 1 aliphatic rings. The first-order valence-electron chi connectivity index (χ1n) is 8.81. The number of amides is 1. The fourth-order valence-electron chi connectivity index (χ4n) is 3.79. The summed E-state index contributed by atoms with van der Waals surface area (Å²) in [7, 11) is 0. The summed E-state index contributed by atoms with van der Waals surface area (Å²) in [6.45, 7) is 2.59. The highest BCUT2D eigenvalue weighted by Crippen LogP contribution is 2.37. The Morgan fingerprint density at radius 1 is 1.27 bits per heavy atom. The van der Waals surface area contributed by atoms with E-state index in [2.05, 4.69) is 4.98 Å². The Bertz CT molecular complexity index is 991. The molecule has 1 amide bonds. The van der Waals surface area contributed by atoms with Gasteiger partial charge in [-0.2, -0.15) is 0 Å². The number of carboxylic acid groups (broad SMARTS) is 1. The van der Waals surface area contributed by atoms with Crippen LogP contribution in [-0.2, 0) is 11.2 Å². The number of aryl methyl sites for hydroxylation is 1. The van der Waals surface area contributed by atoms with Crippen LogP contribution in [0.5, 0.6) is 0 Å². The maximum Gasteiger partial charge on any atom is 0.335 e. The van der Waals surface area contributed by atoms with E-state index in [1.54, 1.807) is 17.0 Å². The SMILES string of the molecule is CCc1c[nH]c2c(N3CC(c4ccccc4)CC3=O)cc(C(=O)O)cc12. The molecule has 1 fully saturated rings. The van der Waals surface area contributed by atoms with Gasteiger partial charge in [-0.3, -0.25) is 4.79 Å². The van der Waals surface area contributed by atoms with Crippen LogP contribution in [0.2, 0.25) is 0 Å². The lowest BCUT2D eigenvalue weighted by Crippen LogP contribution is -2.25. The highest BCUT2D eigenvalue weighted by molar-refractivity contribution is 6.07. The van der Waals surface area contributed by atoms with Gasteiger partial charge in [-0.1, -0.05) is 37.3 Å². The van der Waals surface area contributed by atoms with E-state index in [9.17, 15) is 14.7 Å². The number of aromatic amines is 1. The van der Waals surface area contributed by atoms with Crippen LogP contribution < -0.4 is 4.90 Å². The fraction of sp³-hybridized carbons (Fsp3) is 0.238. The van der Waals surface area contributed by atoms with Crippen LogP contribution in [0.15, 0.2) is 48.7 Å². The van der Waals surface area contributed by atoms with Crippen molar-refractivity contribution in [3.8, 4) is 0 Å². The molecule has 2 aromatic carbocycles. The number of anilines is 1. The summed E-state index contributed by atoms with van der Waals surface area (Å²) in [6.07, 6.45) is 3.13. The van der Waals surface area contributed by atoms with E-state index >= 15 is 0 Å². The van der Waals surface area contributed by atoms with E-state index in [0.717, 1.165) is 28.5 Å². The normalized spacial score (nSPS) is 17.2. The van der Waals surface area contributed by atoms with Gasteiger partial charge in [-0.15, -0.1) is 0 Å². The second-order valence-electron chi connectivity index (χ2n) is 6.71. The first kappa shape index (κ1) is 16.4. The number of H-pyrrole nitrogens is 1. The number of nitrogens with one attached hydrogen (secondary N) is 1. The van der Waals surface area contributed by atoms with E-state index in [-0.39, 0.29) is 17.4 Å². The Labute approximate surface area is 151 Å². The quantitative estimate of drug-likeness (QED) is 0.750.